The maximum absolute atomic E-state index is 5.96. The molecule has 1 saturated heterocycles. The molecule has 1 N–H and O–H groups in total. The molecule has 1 aliphatic heterocycles. The Labute approximate surface area is 99.6 Å². The van der Waals surface area contributed by atoms with E-state index in [0.717, 1.165) is 34.7 Å². The predicted octanol–water partition coefficient (Wildman–Crippen LogP) is 3.90. The highest BCUT2D eigenvalue weighted by molar-refractivity contribution is 6.31. The first-order valence-corrected chi connectivity index (χ1v) is 6.13. The van der Waals surface area contributed by atoms with Gasteiger partial charge in [-0.1, -0.05) is 18.0 Å². The largest absolute Gasteiger partial charge is 0.459 e. The smallest absolute Gasteiger partial charge is 0.134 e. The van der Waals surface area contributed by atoms with Crippen molar-refractivity contribution in [3.05, 3.63) is 35.0 Å². The van der Waals surface area contributed by atoms with Crippen LogP contribution in [0.3, 0.4) is 0 Å². The van der Waals surface area contributed by atoms with E-state index in [0.29, 0.717) is 6.04 Å². The zero-order chi connectivity index (χ0) is 11.0. The highest BCUT2D eigenvalue weighted by atomic mass is 35.5. The fraction of sp³-hybridized carbons (Fsp3) is 0.385. The minimum atomic E-state index is 0.375. The lowest BCUT2D eigenvalue weighted by Gasteiger charge is -2.21. The van der Waals surface area contributed by atoms with Gasteiger partial charge in [-0.15, -0.1) is 0 Å². The molecule has 2 heterocycles. The van der Waals surface area contributed by atoms with Crippen LogP contribution in [0.25, 0.3) is 11.0 Å². The Balaban J connectivity index is 1.97. The van der Waals surface area contributed by atoms with E-state index in [1.165, 1.54) is 12.8 Å². The lowest BCUT2D eigenvalue weighted by Crippen LogP contribution is -2.26. The SMILES string of the molecule is Clc1ccc2oc(C3CCCCN3)cc2c1. The van der Waals surface area contributed by atoms with Crippen molar-refractivity contribution in [3.8, 4) is 0 Å². The lowest BCUT2D eigenvalue weighted by molar-refractivity contribution is 0.358. The van der Waals surface area contributed by atoms with Crippen LogP contribution in [-0.2, 0) is 0 Å². The van der Waals surface area contributed by atoms with Crippen LogP contribution in [0.1, 0.15) is 31.1 Å². The van der Waals surface area contributed by atoms with Crippen molar-refractivity contribution in [3.63, 3.8) is 0 Å². The molecular weight excluding hydrogens is 222 g/mol. The second-order valence-corrected chi connectivity index (χ2v) is 4.77. The molecule has 1 atom stereocenters. The molecule has 84 valence electrons. The molecule has 0 bridgehead atoms. The van der Waals surface area contributed by atoms with E-state index in [1.807, 2.05) is 18.2 Å². The molecule has 2 nitrogen and oxygen atoms in total. The van der Waals surface area contributed by atoms with Gasteiger partial charge in [0.05, 0.1) is 6.04 Å². The number of hydrogen-bond donors (Lipinski definition) is 1. The second kappa shape index (κ2) is 4.11. The summed E-state index contributed by atoms with van der Waals surface area (Å²) in [7, 11) is 0. The summed E-state index contributed by atoms with van der Waals surface area (Å²) in [6, 6.07) is 8.23. The first-order chi connectivity index (χ1) is 7.83. The van der Waals surface area contributed by atoms with Crippen molar-refractivity contribution in [2.24, 2.45) is 0 Å². The number of hydrogen-bond acceptors (Lipinski definition) is 2. The Kier molecular flexibility index (Phi) is 2.62. The molecule has 16 heavy (non-hydrogen) atoms. The topological polar surface area (TPSA) is 25.2 Å². The molecule has 1 fully saturated rings. The first kappa shape index (κ1) is 10.2. The summed E-state index contributed by atoms with van der Waals surface area (Å²) in [5.41, 5.74) is 0.923. The summed E-state index contributed by atoms with van der Waals surface area (Å²) in [5, 5.41) is 5.34. The molecule has 0 saturated carbocycles. The van der Waals surface area contributed by atoms with Gasteiger partial charge in [0.1, 0.15) is 11.3 Å². The van der Waals surface area contributed by atoms with Crippen LogP contribution in [-0.4, -0.2) is 6.54 Å². The Morgan fingerprint density at radius 3 is 3.00 bits per heavy atom. The highest BCUT2D eigenvalue weighted by Crippen LogP contribution is 2.29. The van der Waals surface area contributed by atoms with Gasteiger partial charge in [-0.3, -0.25) is 0 Å². The van der Waals surface area contributed by atoms with E-state index in [2.05, 4.69) is 11.4 Å². The number of fused-ring (bicyclic) bond motifs is 1. The van der Waals surface area contributed by atoms with Crippen molar-refractivity contribution < 1.29 is 4.42 Å². The van der Waals surface area contributed by atoms with Gasteiger partial charge in [0.2, 0.25) is 0 Å². The summed E-state index contributed by atoms with van der Waals surface area (Å²) >= 11 is 5.96. The van der Waals surface area contributed by atoms with E-state index in [-0.39, 0.29) is 0 Å². The average Bonchev–Trinajstić information content (AvgIpc) is 2.73. The van der Waals surface area contributed by atoms with Gasteiger partial charge in [-0.25, -0.2) is 0 Å². The van der Waals surface area contributed by atoms with Gasteiger partial charge < -0.3 is 9.73 Å². The number of rotatable bonds is 1. The Hall–Kier alpha value is -0.990. The fourth-order valence-corrected chi connectivity index (χ4v) is 2.48. The molecule has 0 spiro atoms. The van der Waals surface area contributed by atoms with Gasteiger partial charge >= 0.3 is 0 Å². The Morgan fingerprint density at radius 1 is 1.25 bits per heavy atom. The van der Waals surface area contributed by atoms with Crippen molar-refractivity contribution in [2.75, 3.05) is 6.54 Å². The minimum Gasteiger partial charge on any atom is -0.459 e. The first-order valence-electron chi connectivity index (χ1n) is 5.75. The maximum atomic E-state index is 5.96. The molecule has 0 amide bonds. The molecule has 3 heteroatoms. The number of benzene rings is 1. The monoisotopic (exact) mass is 235 g/mol. The lowest BCUT2D eigenvalue weighted by atomic mass is 10.0. The number of nitrogens with one attached hydrogen (secondary N) is 1. The van der Waals surface area contributed by atoms with Gasteiger partial charge in [0.15, 0.2) is 0 Å². The normalized spacial score (nSPS) is 21.4. The van der Waals surface area contributed by atoms with E-state index in [9.17, 15) is 0 Å². The molecule has 3 rings (SSSR count). The summed E-state index contributed by atoms with van der Waals surface area (Å²) < 4.78 is 5.84. The highest BCUT2D eigenvalue weighted by Gasteiger charge is 2.18. The van der Waals surface area contributed by atoms with Gasteiger partial charge in [-0.2, -0.15) is 0 Å². The molecule has 1 unspecified atom stereocenters. The van der Waals surface area contributed by atoms with Crippen LogP contribution in [0.4, 0.5) is 0 Å². The molecule has 1 aromatic heterocycles. The number of piperidine rings is 1. The summed E-state index contributed by atoms with van der Waals surface area (Å²) in [6.45, 7) is 1.09. The number of halogens is 1. The number of furan rings is 1. The fourth-order valence-electron chi connectivity index (χ4n) is 2.30. The van der Waals surface area contributed by atoms with Crippen LogP contribution in [0.2, 0.25) is 5.02 Å². The third kappa shape index (κ3) is 1.83. The van der Waals surface area contributed by atoms with Crippen LogP contribution in [0, 0.1) is 0 Å². The summed E-state index contributed by atoms with van der Waals surface area (Å²) in [5.74, 6) is 1.04. The molecule has 1 aliphatic rings. The standard InChI is InChI=1S/C13H14ClNO/c14-10-4-5-12-9(7-10)8-13(16-12)11-3-1-2-6-15-11/h4-5,7-8,11,15H,1-3,6H2. The summed E-state index contributed by atoms with van der Waals surface area (Å²) in [6.07, 6.45) is 3.70. The predicted molar refractivity (Wildman–Crippen MR) is 65.8 cm³/mol. The molecule has 1 aromatic carbocycles. The Morgan fingerprint density at radius 2 is 2.19 bits per heavy atom. The molecule has 2 aromatic rings. The van der Waals surface area contributed by atoms with Gasteiger partial charge in [0.25, 0.3) is 0 Å². The van der Waals surface area contributed by atoms with Crippen molar-refractivity contribution >= 4 is 22.6 Å². The van der Waals surface area contributed by atoms with Crippen molar-refractivity contribution in [2.45, 2.75) is 25.3 Å². The molecular formula is C13H14ClNO. The van der Waals surface area contributed by atoms with Crippen LogP contribution >= 0.6 is 11.6 Å². The quantitative estimate of drug-likeness (QED) is 0.811. The third-order valence-electron chi connectivity index (χ3n) is 3.15. The van der Waals surface area contributed by atoms with E-state index in [1.54, 1.807) is 0 Å². The molecule has 0 radical (unpaired) electrons. The van der Waals surface area contributed by atoms with E-state index < -0.39 is 0 Å². The van der Waals surface area contributed by atoms with Crippen molar-refractivity contribution in [1.29, 1.82) is 0 Å². The average molecular weight is 236 g/mol. The Bertz CT molecular complexity index is 500. The summed E-state index contributed by atoms with van der Waals surface area (Å²) in [4.78, 5) is 0. The second-order valence-electron chi connectivity index (χ2n) is 4.33. The van der Waals surface area contributed by atoms with Crippen LogP contribution < -0.4 is 5.32 Å². The maximum Gasteiger partial charge on any atom is 0.134 e. The van der Waals surface area contributed by atoms with Crippen LogP contribution in [0.15, 0.2) is 28.7 Å². The zero-order valence-corrected chi connectivity index (χ0v) is 9.76. The van der Waals surface area contributed by atoms with Crippen LogP contribution in [0.5, 0.6) is 0 Å². The van der Waals surface area contributed by atoms with Crippen molar-refractivity contribution in [1.82, 2.24) is 5.32 Å². The van der Waals surface area contributed by atoms with E-state index in [4.69, 9.17) is 16.0 Å². The molecule has 0 aliphatic carbocycles. The minimum absolute atomic E-state index is 0.375. The third-order valence-corrected chi connectivity index (χ3v) is 3.39. The van der Waals surface area contributed by atoms with Gasteiger partial charge in [-0.05, 0) is 43.7 Å². The van der Waals surface area contributed by atoms with Gasteiger partial charge in [0, 0.05) is 10.4 Å². The van der Waals surface area contributed by atoms with E-state index >= 15 is 0 Å². The zero-order valence-electron chi connectivity index (χ0n) is 9.00.